The molecule has 2 aromatic heterocycles. The van der Waals surface area contributed by atoms with Gasteiger partial charge in [-0.3, -0.25) is 0 Å². The van der Waals surface area contributed by atoms with Gasteiger partial charge in [0.05, 0.1) is 41.2 Å². The molecule has 182 valence electrons. The standard InChI is InChI=1S/C23H27ClFN5O4/c1-10(2)30-16-6-11(5-14(25)18(16)28-21(30)23(3,4)32)17-13(24)8-26-22(29-17)27-15-7-12-9-33-20(34-12)19(15)31/h5-6,8,10,12,15,19-20,31-32H,7,9H2,1-4H3,(H,26,27,29)/t12-,15+,19-,20+/m0/s1/i7D2. The molecule has 34 heavy (non-hydrogen) atoms. The number of aliphatic hydroxyl groups is 2. The van der Waals surface area contributed by atoms with Gasteiger partial charge in [-0.2, -0.15) is 0 Å². The van der Waals surface area contributed by atoms with Gasteiger partial charge in [-0.15, -0.1) is 0 Å². The number of anilines is 1. The van der Waals surface area contributed by atoms with Crippen LogP contribution in [0.4, 0.5) is 10.3 Å². The third-order valence-corrected chi connectivity index (χ3v) is 6.09. The number of imidazole rings is 1. The van der Waals surface area contributed by atoms with E-state index in [1.165, 1.54) is 12.3 Å². The van der Waals surface area contributed by atoms with E-state index in [4.69, 9.17) is 23.8 Å². The molecule has 2 aliphatic rings. The number of fused-ring (bicyclic) bond motifs is 3. The van der Waals surface area contributed by atoms with Gasteiger partial charge >= 0.3 is 0 Å². The van der Waals surface area contributed by atoms with Gasteiger partial charge in [0.25, 0.3) is 0 Å². The molecule has 0 saturated carbocycles. The smallest absolute Gasteiger partial charge is 0.223 e. The predicted molar refractivity (Wildman–Crippen MR) is 124 cm³/mol. The molecule has 0 radical (unpaired) electrons. The summed E-state index contributed by atoms with van der Waals surface area (Å²) in [6.45, 7) is 7.02. The number of rotatable bonds is 5. The number of aliphatic hydroxyl groups excluding tert-OH is 1. The molecule has 0 unspecified atom stereocenters. The van der Waals surface area contributed by atoms with E-state index in [2.05, 4.69) is 20.3 Å². The molecular weight excluding hydrogens is 465 g/mol. The molecule has 1 aromatic carbocycles. The number of aromatic nitrogens is 4. The molecule has 2 aliphatic heterocycles. The van der Waals surface area contributed by atoms with Crippen molar-refractivity contribution in [3.05, 3.63) is 35.0 Å². The summed E-state index contributed by atoms with van der Waals surface area (Å²) in [6, 6.07) is 1.70. The molecule has 3 N–H and O–H groups in total. The summed E-state index contributed by atoms with van der Waals surface area (Å²) < 4.78 is 44.6. The van der Waals surface area contributed by atoms with E-state index in [9.17, 15) is 10.2 Å². The number of hydrogen-bond acceptors (Lipinski definition) is 8. The van der Waals surface area contributed by atoms with E-state index in [1.54, 1.807) is 24.5 Å². The van der Waals surface area contributed by atoms with E-state index in [-0.39, 0.29) is 34.8 Å². The highest BCUT2D eigenvalue weighted by Crippen LogP contribution is 2.35. The second kappa shape index (κ2) is 8.39. The molecule has 0 amide bonds. The Hall–Kier alpha value is -2.37. The van der Waals surface area contributed by atoms with Gasteiger partial charge in [0, 0.05) is 14.3 Å². The zero-order valence-corrected chi connectivity index (χ0v) is 19.8. The van der Waals surface area contributed by atoms with Crippen LogP contribution in [-0.4, -0.2) is 60.9 Å². The van der Waals surface area contributed by atoms with Crippen molar-refractivity contribution in [2.75, 3.05) is 11.9 Å². The second-order valence-corrected chi connectivity index (χ2v) is 9.69. The predicted octanol–water partition coefficient (Wildman–Crippen LogP) is 3.38. The molecule has 9 nitrogen and oxygen atoms in total. The fourth-order valence-corrected chi connectivity index (χ4v) is 4.49. The zero-order valence-electron chi connectivity index (χ0n) is 21.1. The van der Waals surface area contributed by atoms with Crippen molar-refractivity contribution < 1.29 is 26.8 Å². The lowest BCUT2D eigenvalue weighted by Crippen LogP contribution is -2.48. The van der Waals surface area contributed by atoms with Crippen LogP contribution in [0.2, 0.25) is 5.02 Å². The molecular formula is C23H27ClFN5O4. The van der Waals surface area contributed by atoms with E-state index >= 15 is 4.39 Å². The normalized spacial score (nSPS) is 27.2. The number of hydrogen-bond donors (Lipinski definition) is 3. The van der Waals surface area contributed by atoms with Crippen LogP contribution >= 0.6 is 11.6 Å². The van der Waals surface area contributed by atoms with E-state index in [0.29, 0.717) is 16.9 Å². The quantitative estimate of drug-likeness (QED) is 0.495. The highest BCUT2D eigenvalue weighted by atomic mass is 35.5. The highest BCUT2D eigenvalue weighted by Gasteiger charge is 2.43. The maximum absolute atomic E-state index is 15.3. The molecule has 0 spiro atoms. The summed E-state index contributed by atoms with van der Waals surface area (Å²) in [7, 11) is 0. The van der Waals surface area contributed by atoms with Gasteiger partial charge in [-0.05, 0) is 46.2 Å². The number of halogens is 2. The van der Waals surface area contributed by atoms with Crippen molar-refractivity contribution >= 4 is 28.6 Å². The van der Waals surface area contributed by atoms with Crippen LogP contribution in [0.25, 0.3) is 22.3 Å². The zero-order chi connectivity index (χ0) is 26.2. The van der Waals surface area contributed by atoms with Gasteiger partial charge in [-0.1, -0.05) is 11.6 Å². The Balaban J connectivity index is 1.57. The van der Waals surface area contributed by atoms with Crippen molar-refractivity contribution in [1.82, 2.24) is 19.5 Å². The highest BCUT2D eigenvalue weighted by molar-refractivity contribution is 6.33. The van der Waals surface area contributed by atoms with Crippen LogP contribution in [-0.2, 0) is 15.1 Å². The monoisotopic (exact) mass is 493 g/mol. The van der Waals surface area contributed by atoms with Crippen molar-refractivity contribution in [3.63, 3.8) is 0 Å². The van der Waals surface area contributed by atoms with Crippen LogP contribution in [0.3, 0.4) is 0 Å². The molecule has 2 saturated heterocycles. The SMILES string of the molecule is [2H]C1([2H])[C@H]2CO[C@H](O2)[C@@H](O)[C@@H]1Nc1ncc(Cl)c(-c2cc(F)c3nc(C(C)(C)O)n(C(C)C)c3c2)n1. The third kappa shape index (κ3) is 4.03. The largest absolute Gasteiger partial charge is 0.386 e. The molecule has 3 aromatic rings. The van der Waals surface area contributed by atoms with Crippen LogP contribution in [0.5, 0.6) is 0 Å². The van der Waals surface area contributed by atoms with Crippen LogP contribution in [0, 0.1) is 5.82 Å². The number of ether oxygens (including phenoxy) is 2. The summed E-state index contributed by atoms with van der Waals surface area (Å²) >= 11 is 6.40. The first kappa shape index (κ1) is 21.0. The Morgan fingerprint density at radius 2 is 2.12 bits per heavy atom. The summed E-state index contributed by atoms with van der Waals surface area (Å²) in [6.07, 6.45) is -3.77. The lowest BCUT2D eigenvalue weighted by Gasteiger charge is -2.32. The first-order valence-electron chi connectivity index (χ1n) is 12.0. The molecule has 2 fully saturated rings. The molecule has 5 rings (SSSR count). The van der Waals surface area contributed by atoms with E-state index < -0.39 is 42.3 Å². The van der Waals surface area contributed by atoms with Crippen molar-refractivity contribution in [1.29, 1.82) is 0 Å². The summed E-state index contributed by atoms with van der Waals surface area (Å²) in [5, 5.41) is 24.2. The molecule has 4 atom stereocenters. The average molecular weight is 494 g/mol. The minimum Gasteiger partial charge on any atom is -0.386 e. The van der Waals surface area contributed by atoms with E-state index in [1.807, 2.05) is 13.8 Å². The lowest BCUT2D eigenvalue weighted by atomic mass is 10.0. The van der Waals surface area contributed by atoms with Crippen molar-refractivity contribution in [3.8, 4) is 11.3 Å². The Kier molecular flexibility index (Phi) is 5.17. The second-order valence-electron chi connectivity index (χ2n) is 9.28. The molecule has 2 bridgehead atoms. The summed E-state index contributed by atoms with van der Waals surface area (Å²) in [5.74, 6) is -0.285. The van der Waals surface area contributed by atoms with E-state index in [0.717, 1.165) is 0 Å². The number of benzene rings is 1. The molecule has 4 heterocycles. The van der Waals surface area contributed by atoms with Crippen LogP contribution in [0.15, 0.2) is 18.3 Å². The van der Waals surface area contributed by atoms with Crippen molar-refractivity contribution in [2.24, 2.45) is 0 Å². The first-order valence-corrected chi connectivity index (χ1v) is 11.4. The van der Waals surface area contributed by atoms with Gasteiger partial charge in [0.1, 0.15) is 23.0 Å². The maximum Gasteiger partial charge on any atom is 0.223 e. The van der Waals surface area contributed by atoms with Gasteiger partial charge in [0.15, 0.2) is 12.1 Å². The average Bonchev–Trinajstić information content (AvgIpc) is 3.41. The third-order valence-electron chi connectivity index (χ3n) is 5.81. The minimum atomic E-state index is -1.97. The number of nitrogens with zero attached hydrogens (tertiary/aromatic N) is 4. The van der Waals surface area contributed by atoms with Crippen LogP contribution in [0.1, 0.15) is 48.7 Å². The summed E-state index contributed by atoms with van der Waals surface area (Å²) in [4.78, 5) is 12.9. The fourth-order valence-electron chi connectivity index (χ4n) is 4.29. The van der Waals surface area contributed by atoms with Gasteiger partial charge in [0.2, 0.25) is 5.95 Å². The Morgan fingerprint density at radius 1 is 1.35 bits per heavy atom. The Morgan fingerprint density at radius 3 is 2.82 bits per heavy atom. The van der Waals surface area contributed by atoms with Crippen LogP contribution < -0.4 is 5.32 Å². The van der Waals surface area contributed by atoms with Gasteiger partial charge < -0.3 is 29.6 Å². The van der Waals surface area contributed by atoms with Gasteiger partial charge in [-0.25, -0.2) is 19.3 Å². The number of nitrogens with one attached hydrogen (secondary N) is 1. The fraction of sp³-hybridized carbons (Fsp3) is 0.522. The maximum atomic E-state index is 15.3. The lowest BCUT2D eigenvalue weighted by molar-refractivity contribution is -0.156. The van der Waals surface area contributed by atoms with Crippen molar-refractivity contribution in [2.45, 2.75) is 70.3 Å². The minimum absolute atomic E-state index is 0.00122. The Bertz CT molecular complexity index is 1330. The molecule has 0 aliphatic carbocycles. The topological polar surface area (TPSA) is 115 Å². The molecule has 11 heteroatoms. The first-order chi connectivity index (χ1) is 16.8. The Labute approximate surface area is 203 Å². The summed E-state index contributed by atoms with van der Waals surface area (Å²) in [5.41, 5.74) is -0.170.